The first-order valence-electron chi connectivity index (χ1n) is 3.18. The fraction of sp³-hybridized carbons (Fsp3) is 0.571. The first-order valence-corrected chi connectivity index (χ1v) is 3.18. The third kappa shape index (κ3) is 2.17. The monoisotopic (exact) mass is 144 g/mol. The smallest absolute Gasteiger partial charge is 0.212 e. The molecule has 2 nitrogen and oxygen atoms in total. The molecule has 0 rings (SSSR count). The Morgan fingerprint density at radius 3 is 2.20 bits per heavy atom. The van der Waals surface area contributed by atoms with Gasteiger partial charge in [0.25, 0.3) is 0 Å². The molecule has 0 aliphatic rings. The third-order valence-electron chi connectivity index (χ3n) is 1.24. The van der Waals surface area contributed by atoms with Gasteiger partial charge < -0.3 is 5.73 Å². The van der Waals surface area contributed by atoms with Crippen LogP contribution < -0.4 is 5.73 Å². The third-order valence-corrected chi connectivity index (χ3v) is 1.24. The molecular formula is C7H13FN2. The van der Waals surface area contributed by atoms with Crippen molar-refractivity contribution in [3.05, 3.63) is 11.8 Å². The van der Waals surface area contributed by atoms with Crippen LogP contribution in [0.2, 0.25) is 0 Å². The van der Waals surface area contributed by atoms with Gasteiger partial charge in [-0.2, -0.15) is 4.39 Å². The second kappa shape index (κ2) is 4.04. The second-order valence-electron chi connectivity index (χ2n) is 2.29. The number of allylic oxidation sites excluding steroid dienone is 1. The zero-order valence-electron chi connectivity index (χ0n) is 6.56. The molecule has 0 aromatic rings. The summed E-state index contributed by atoms with van der Waals surface area (Å²) in [6, 6.07) is 0. The van der Waals surface area contributed by atoms with E-state index in [1.807, 2.05) is 13.8 Å². The van der Waals surface area contributed by atoms with E-state index in [-0.39, 0.29) is 5.92 Å². The Morgan fingerprint density at radius 2 is 2.10 bits per heavy atom. The quantitative estimate of drug-likeness (QED) is 0.586. The molecule has 0 aliphatic heterocycles. The molecule has 0 aromatic heterocycles. The van der Waals surface area contributed by atoms with E-state index in [0.717, 1.165) is 0 Å². The molecule has 0 unspecified atom stereocenters. The largest absolute Gasteiger partial charge is 0.404 e. The minimum absolute atomic E-state index is 0.0914. The van der Waals surface area contributed by atoms with Crippen molar-refractivity contribution in [2.75, 3.05) is 7.05 Å². The van der Waals surface area contributed by atoms with Crippen LogP contribution in [0, 0.1) is 5.92 Å². The molecule has 2 N–H and O–H groups in total. The van der Waals surface area contributed by atoms with Crippen molar-refractivity contribution in [3.8, 4) is 0 Å². The van der Waals surface area contributed by atoms with Gasteiger partial charge in [0.05, 0.1) is 0 Å². The minimum Gasteiger partial charge on any atom is -0.404 e. The lowest BCUT2D eigenvalue weighted by atomic mass is 10.1. The number of nitrogens with zero attached hydrogens (tertiary/aromatic N) is 1. The van der Waals surface area contributed by atoms with Gasteiger partial charge in [-0.1, -0.05) is 13.8 Å². The van der Waals surface area contributed by atoms with E-state index in [4.69, 9.17) is 5.73 Å². The summed E-state index contributed by atoms with van der Waals surface area (Å²) in [5.41, 5.74) is 5.63. The summed E-state index contributed by atoms with van der Waals surface area (Å²) in [6.45, 7) is 3.73. The Bertz CT molecular complexity index is 159. The number of aliphatic imine (C=N–C) groups is 1. The SMILES string of the molecule is CN=C(F)C(=CN)C(C)C. The van der Waals surface area contributed by atoms with Crippen LogP contribution >= 0.6 is 0 Å². The molecular weight excluding hydrogens is 131 g/mol. The van der Waals surface area contributed by atoms with Crippen molar-refractivity contribution in [3.63, 3.8) is 0 Å². The summed E-state index contributed by atoms with van der Waals surface area (Å²) >= 11 is 0. The molecule has 0 atom stereocenters. The van der Waals surface area contributed by atoms with Crippen LogP contribution in [-0.4, -0.2) is 13.0 Å². The maximum Gasteiger partial charge on any atom is 0.212 e. The predicted octanol–water partition coefficient (Wildman–Crippen LogP) is 1.48. The molecule has 0 aliphatic carbocycles. The Labute approximate surface area is 60.6 Å². The lowest BCUT2D eigenvalue weighted by molar-refractivity contribution is 0.730. The van der Waals surface area contributed by atoms with Crippen LogP contribution in [0.15, 0.2) is 16.8 Å². The van der Waals surface area contributed by atoms with E-state index in [2.05, 4.69) is 4.99 Å². The molecule has 0 saturated heterocycles. The predicted molar refractivity (Wildman–Crippen MR) is 41.6 cm³/mol. The topological polar surface area (TPSA) is 38.4 Å². The van der Waals surface area contributed by atoms with E-state index in [1.165, 1.54) is 13.2 Å². The van der Waals surface area contributed by atoms with Gasteiger partial charge in [0.1, 0.15) is 0 Å². The fourth-order valence-electron chi connectivity index (χ4n) is 0.629. The first kappa shape index (κ1) is 9.14. The Kier molecular flexibility index (Phi) is 3.69. The maximum atomic E-state index is 12.6. The molecule has 0 saturated carbocycles. The van der Waals surface area contributed by atoms with Crippen LogP contribution in [0.1, 0.15) is 13.8 Å². The van der Waals surface area contributed by atoms with Gasteiger partial charge in [-0.05, 0) is 5.92 Å². The molecule has 0 heterocycles. The number of nitrogens with two attached hydrogens (primary N) is 1. The van der Waals surface area contributed by atoms with Gasteiger partial charge in [-0.15, -0.1) is 0 Å². The number of rotatable bonds is 2. The molecule has 3 heteroatoms. The highest BCUT2D eigenvalue weighted by atomic mass is 19.1. The highest BCUT2D eigenvalue weighted by Gasteiger charge is 2.08. The summed E-state index contributed by atoms with van der Waals surface area (Å²) in [5.74, 6) is -0.383. The average molecular weight is 144 g/mol. The number of hydrogen-bond donors (Lipinski definition) is 1. The molecule has 0 amide bonds. The summed E-state index contributed by atoms with van der Waals surface area (Å²) in [7, 11) is 1.40. The van der Waals surface area contributed by atoms with E-state index in [0.29, 0.717) is 5.57 Å². The fourth-order valence-corrected chi connectivity index (χ4v) is 0.629. The van der Waals surface area contributed by atoms with Gasteiger partial charge >= 0.3 is 0 Å². The maximum absolute atomic E-state index is 12.6. The van der Waals surface area contributed by atoms with Crippen LogP contribution in [0.4, 0.5) is 4.39 Å². The molecule has 10 heavy (non-hydrogen) atoms. The average Bonchev–Trinajstić information content (AvgIpc) is 1.88. The van der Waals surface area contributed by atoms with E-state index in [1.54, 1.807) is 0 Å². The zero-order valence-corrected chi connectivity index (χ0v) is 6.56. The van der Waals surface area contributed by atoms with E-state index >= 15 is 0 Å². The summed E-state index contributed by atoms with van der Waals surface area (Å²) < 4.78 is 12.6. The standard InChI is InChI=1S/C7H13FN2/c1-5(2)6(4-9)7(8)10-3/h4-5H,9H2,1-3H3. The Morgan fingerprint density at radius 1 is 1.60 bits per heavy atom. The molecule has 0 radical (unpaired) electrons. The summed E-state index contributed by atoms with van der Waals surface area (Å²) in [5, 5.41) is 0. The van der Waals surface area contributed by atoms with E-state index in [9.17, 15) is 4.39 Å². The normalized spacial score (nSPS) is 14.5. The van der Waals surface area contributed by atoms with Crippen LogP contribution in [0.5, 0.6) is 0 Å². The van der Waals surface area contributed by atoms with Gasteiger partial charge in [0.2, 0.25) is 5.97 Å². The Hall–Kier alpha value is -0.860. The van der Waals surface area contributed by atoms with E-state index < -0.39 is 5.97 Å². The van der Waals surface area contributed by atoms with Gasteiger partial charge in [-0.3, -0.25) is 4.99 Å². The number of halogens is 1. The van der Waals surface area contributed by atoms with Crippen LogP contribution in [0.3, 0.4) is 0 Å². The van der Waals surface area contributed by atoms with Crippen molar-refractivity contribution in [2.24, 2.45) is 16.6 Å². The van der Waals surface area contributed by atoms with Crippen LogP contribution in [-0.2, 0) is 0 Å². The Balaban J connectivity index is 4.39. The van der Waals surface area contributed by atoms with Gasteiger partial charge in [0.15, 0.2) is 0 Å². The van der Waals surface area contributed by atoms with Crippen molar-refractivity contribution in [2.45, 2.75) is 13.8 Å². The van der Waals surface area contributed by atoms with Crippen molar-refractivity contribution in [1.29, 1.82) is 0 Å². The van der Waals surface area contributed by atoms with Gasteiger partial charge in [0, 0.05) is 18.8 Å². The summed E-state index contributed by atoms with van der Waals surface area (Å²) in [4.78, 5) is 3.38. The highest BCUT2D eigenvalue weighted by molar-refractivity contribution is 5.92. The lowest BCUT2D eigenvalue weighted by Crippen LogP contribution is -2.05. The molecule has 0 bridgehead atoms. The van der Waals surface area contributed by atoms with Crippen LogP contribution in [0.25, 0.3) is 0 Å². The molecule has 58 valence electrons. The molecule has 0 fully saturated rings. The summed E-state index contributed by atoms with van der Waals surface area (Å²) in [6.07, 6.45) is 1.26. The molecule has 0 aromatic carbocycles. The minimum atomic E-state index is -0.475. The number of hydrogen-bond acceptors (Lipinski definition) is 2. The van der Waals surface area contributed by atoms with Gasteiger partial charge in [-0.25, -0.2) is 0 Å². The first-order chi connectivity index (χ1) is 4.63. The lowest BCUT2D eigenvalue weighted by Gasteiger charge is -2.05. The van der Waals surface area contributed by atoms with Crippen molar-refractivity contribution < 1.29 is 4.39 Å². The second-order valence-corrected chi connectivity index (χ2v) is 2.29. The zero-order chi connectivity index (χ0) is 8.15. The van der Waals surface area contributed by atoms with Crippen molar-refractivity contribution >= 4 is 5.97 Å². The highest BCUT2D eigenvalue weighted by Crippen LogP contribution is 2.10. The van der Waals surface area contributed by atoms with Crippen molar-refractivity contribution in [1.82, 2.24) is 0 Å². The molecule has 0 spiro atoms.